The number of aliphatic carboxylic acids is 1. The summed E-state index contributed by atoms with van der Waals surface area (Å²) in [4.78, 5) is 41.3. The van der Waals surface area contributed by atoms with Crippen molar-refractivity contribution in [2.75, 3.05) is 13.1 Å². The minimum atomic E-state index is -3.07. The van der Waals surface area contributed by atoms with Gasteiger partial charge in [0.1, 0.15) is 12.1 Å². The summed E-state index contributed by atoms with van der Waals surface area (Å²) >= 11 is 0. The minimum Gasteiger partial charge on any atom is -0.480 e. The van der Waals surface area contributed by atoms with E-state index in [0.29, 0.717) is 51.1 Å². The fraction of sp³-hybridized carbons (Fsp3) is 0.444. The van der Waals surface area contributed by atoms with E-state index in [2.05, 4.69) is 5.09 Å². The number of hydrogen-bond donors (Lipinski definition) is 3. The molecule has 2 amide bonds. The fourth-order valence-corrected chi connectivity index (χ4v) is 8.04. The van der Waals surface area contributed by atoms with Crippen LogP contribution in [-0.4, -0.2) is 63.9 Å². The highest BCUT2D eigenvalue weighted by atomic mass is 31.2. The van der Waals surface area contributed by atoms with Crippen LogP contribution in [0, 0.1) is 0 Å². The molecule has 200 valence electrons. The number of carbonyl (C=O) groups excluding carboxylic acids is 2. The maximum Gasteiger partial charge on any atom is 0.326 e. The lowest BCUT2D eigenvalue weighted by molar-refractivity contribution is -0.152. The number of rotatable bonds is 9. The Labute approximate surface area is 218 Å². The van der Waals surface area contributed by atoms with Crippen LogP contribution < -0.4 is 11.2 Å². The van der Waals surface area contributed by atoms with E-state index in [4.69, 9.17) is 0 Å². The Hall–Kier alpha value is -3.00. The van der Waals surface area contributed by atoms with Crippen molar-refractivity contribution in [3.63, 3.8) is 0 Å². The first-order chi connectivity index (χ1) is 17.3. The third-order valence-electron chi connectivity index (χ3n) is 7.00. The highest BCUT2D eigenvalue weighted by Crippen LogP contribution is 2.49. The van der Waals surface area contributed by atoms with Gasteiger partial charge in [-0.25, -0.2) is 4.79 Å². The van der Waals surface area contributed by atoms with Crippen molar-refractivity contribution in [3.05, 3.63) is 71.8 Å². The summed E-state index contributed by atoms with van der Waals surface area (Å²) in [7, 11) is -3.07. The number of amides is 2. The van der Waals surface area contributed by atoms with Crippen LogP contribution >= 0.6 is 7.29 Å². The standard InChI is InChI=1S/C27H34N3O5P.H3N/c1-20(25(31)29-16-8-14-23(29)26(32)30-17-9-15-24(30)27(33)34)28-36(35,18-21-10-4-2-5-11-21)19-22-12-6-3-7-13-22;/h2-7,10-13,20,23-24H,8-9,14-19H2,1H3,(H,28,35)(H,33,34);1H3/t20-,23-,24-;/m0./s1. The first kappa shape index (κ1) is 28.6. The molecule has 0 aliphatic carbocycles. The molecule has 10 heteroatoms. The van der Waals surface area contributed by atoms with Crippen LogP contribution in [0.5, 0.6) is 0 Å². The molecule has 9 nitrogen and oxygen atoms in total. The Morgan fingerprint density at radius 1 is 0.892 bits per heavy atom. The molecular formula is C27H37N4O5P. The highest BCUT2D eigenvalue weighted by molar-refractivity contribution is 7.60. The topological polar surface area (TPSA) is 142 Å². The van der Waals surface area contributed by atoms with Gasteiger partial charge in [0.05, 0.1) is 6.04 Å². The number of likely N-dealkylation sites (tertiary alicyclic amines) is 2. The summed E-state index contributed by atoms with van der Waals surface area (Å²) in [5, 5.41) is 12.7. The van der Waals surface area contributed by atoms with Crippen molar-refractivity contribution in [1.82, 2.24) is 21.0 Å². The van der Waals surface area contributed by atoms with Crippen molar-refractivity contribution in [1.29, 1.82) is 0 Å². The summed E-state index contributed by atoms with van der Waals surface area (Å²) in [5.74, 6) is -1.58. The molecule has 0 unspecified atom stereocenters. The Morgan fingerprint density at radius 3 is 1.89 bits per heavy atom. The summed E-state index contributed by atoms with van der Waals surface area (Å²) in [6.45, 7) is 2.51. The van der Waals surface area contributed by atoms with Crippen molar-refractivity contribution in [2.24, 2.45) is 0 Å². The van der Waals surface area contributed by atoms with E-state index in [1.54, 1.807) is 11.8 Å². The largest absolute Gasteiger partial charge is 0.480 e. The second kappa shape index (κ2) is 12.5. The molecule has 37 heavy (non-hydrogen) atoms. The zero-order valence-corrected chi connectivity index (χ0v) is 22.2. The van der Waals surface area contributed by atoms with E-state index in [0.717, 1.165) is 11.1 Å². The first-order valence-corrected chi connectivity index (χ1v) is 14.6. The molecule has 2 aliphatic heterocycles. The van der Waals surface area contributed by atoms with Crippen LogP contribution in [0.4, 0.5) is 0 Å². The average molecular weight is 529 g/mol. The third kappa shape index (κ3) is 6.86. The van der Waals surface area contributed by atoms with Gasteiger partial charge in [0, 0.05) is 25.4 Å². The molecule has 0 aromatic heterocycles. The number of carboxylic acids is 1. The van der Waals surface area contributed by atoms with E-state index in [1.807, 2.05) is 60.7 Å². The summed E-state index contributed by atoms with van der Waals surface area (Å²) in [5.41, 5.74) is 1.85. The highest BCUT2D eigenvalue weighted by Gasteiger charge is 2.43. The molecule has 3 atom stereocenters. The van der Waals surface area contributed by atoms with Gasteiger partial charge in [-0.05, 0) is 43.7 Å². The average Bonchev–Trinajstić information content (AvgIpc) is 3.54. The number of carboxylic acid groups (broad SMARTS) is 1. The van der Waals surface area contributed by atoms with Crippen LogP contribution in [-0.2, 0) is 31.3 Å². The fourth-order valence-electron chi connectivity index (χ4n) is 5.33. The molecule has 0 saturated carbocycles. The molecule has 2 fully saturated rings. The third-order valence-corrected chi connectivity index (χ3v) is 9.61. The van der Waals surface area contributed by atoms with E-state index in [9.17, 15) is 24.1 Å². The SMILES string of the molecule is C[C@H](NP(=O)(Cc1ccccc1)Cc1ccccc1)C(=O)N1CCC[C@H]1C(=O)N1CCC[C@H]1C(=O)O.N. The molecule has 2 saturated heterocycles. The van der Waals surface area contributed by atoms with Crippen molar-refractivity contribution < 1.29 is 24.1 Å². The van der Waals surface area contributed by atoms with Crippen molar-refractivity contribution >= 4 is 25.1 Å². The number of hydrogen-bond acceptors (Lipinski definition) is 5. The maximum absolute atomic E-state index is 14.2. The molecule has 5 N–H and O–H groups in total. The number of nitrogens with one attached hydrogen (secondary N) is 1. The van der Waals surface area contributed by atoms with E-state index < -0.39 is 31.4 Å². The molecule has 2 aliphatic rings. The van der Waals surface area contributed by atoms with Crippen molar-refractivity contribution in [2.45, 2.75) is 63.1 Å². The molecular weight excluding hydrogens is 491 g/mol. The molecule has 2 aromatic rings. The number of nitrogens with zero attached hydrogens (tertiary/aromatic N) is 2. The van der Waals surface area contributed by atoms with Gasteiger partial charge < -0.3 is 25.6 Å². The van der Waals surface area contributed by atoms with Gasteiger partial charge in [-0.3, -0.25) is 14.7 Å². The second-order valence-corrected chi connectivity index (χ2v) is 12.4. The Balaban J connectivity index is 0.00000380. The Morgan fingerprint density at radius 2 is 1.38 bits per heavy atom. The maximum atomic E-state index is 14.2. The molecule has 0 spiro atoms. The predicted molar refractivity (Wildman–Crippen MR) is 143 cm³/mol. The zero-order chi connectivity index (χ0) is 25.7. The van der Waals surface area contributed by atoms with Crippen LogP contribution in [0.2, 0.25) is 0 Å². The van der Waals surface area contributed by atoms with E-state index >= 15 is 0 Å². The zero-order valence-electron chi connectivity index (χ0n) is 21.3. The van der Waals surface area contributed by atoms with Gasteiger partial charge in [0.2, 0.25) is 11.8 Å². The van der Waals surface area contributed by atoms with Crippen LogP contribution in [0.1, 0.15) is 43.7 Å². The Kier molecular flexibility index (Phi) is 9.65. The lowest BCUT2D eigenvalue weighted by Gasteiger charge is -2.32. The van der Waals surface area contributed by atoms with Gasteiger partial charge >= 0.3 is 5.97 Å². The quantitative estimate of drug-likeness (QED) is 0.419. The van der Waals surface area contributed by atoms with Gasteiger partial charge in [-0.15, -0.1) is 0 Å². The monoisotopic (exact) mass is 528 g/mol. The van der Waals surface area contributed by atoms with Crippen LogP contribution in [0.25, 0.3) is 0 Å². The number of benzene rings is 2. The normalized spacial score (nSPS) is 20.4. The number of carbonyl (C=O) groups is 3. The van der Waals surface area contributed by atoms with Gasteiger partial charge in [-0.1, -0.05) is 60.7 Å². The van der Waals surface area contributed by atoms with Crippen molar-refractivity contribution in [3.8, 4) is 0 Å². The van der Waals surface area contributed by atoms with Gasteiger partial charge in [0.15, 0.2) is 7.29 Å². The van der Waals surface area contributed by atoms with Gasteiger partial charge in [0.25, 0.3) is 0 Å². The van der Waals surface area contributed by atoms with Crippen LogP contribution in [0.15, 0.2) is 60.7 Å². The summed E-state index contributed by atoms with van der Waals surface area (Å²) < 4.78 is 14.2. The second-order valence-electron chi connectivity index (χ2n) is 9.75. The lowest BCUT2D eigenvalue weighted by Crippen LogP contribution is -2.53. The van der Waals surface area contributed by atoms with Gasteiger partial charge in [-0.2, -0.15) is 0 Å². The first-order valence-electron chi connectivity index (χ1n) is 12.5. The molecule has 0 bridgehead atoms. The summed E-state index contributed by atoms with van der Waals surface area (Å²) in [6.07, 6.45) is 2.86. The molecule has 0 radical (unpaired) electrons. The smallest absolute Gasteiger partial charge is 0.326 e. The van der Waals surface area contributed by atoms with Crippen LogP contribution in [0.3, 0.4) is 0 Å². The molecule has 2 aromatic carbocycles. The lowest BCUT2D eigenvalue weighted by atomic mass is 10.1. The Bertz CT molecular complexity index is 1080. The predicted octanol–water partition coefficient (Wildman–Crippen LogP) is 3.87. The molecule has 4 rings (SSSR count). The minimum absolute atomic E-state index is 0. The summed E-state index contributed by atoms with van der Waals surface area (Å²) in [6, 6.07) is 16.9. The van der Waals surface area contributed by atoms with E-state index in [-0.39, 0.29) is 18.0 Å². The van der Waals surface area contributed by atoms with E-state index in [1.165, 1.54) is 4.90 Å². The molecule has 2 heterocycles.